The molecule has 0 unspecified atom stereocenters. The molecule has 5 heteroatoms. The minimum atomic E-state index is -0.498. The van der Waals surface area contributed by atoms with Crippen molar-refractivity contribution in [2.75, 3.05) is 0 Å². The van der Waals surface area contributed by atoms with Crippen molar-refractivity contribution in [2.24, 2.45) is 0 Å². The quantitative estimate of drug-likeness (QED) is 0.632. The second-order valence-electron chi connectivity index (χ2n) is 2.34. The van der Waals surface area contributed by atoms with Crippen molar-refractivity contribution in [1.29, 1.82) is 0 Å². The number of aromatic nitrogens is 2. The summed E-state index contributed by atoms with van der Waals surface area (Å²) in [5.41, 5.74) is 2.27. The molecule has 0 bridgehead atoms. The summed E-state index contributed by atoms with van der Waals surface area (Å²) in [5, 5.41) is 3.76. The second-order valence-corrected chi connectivity index (χ2v) is 20.5. The van der Waals surface area contributed by atoms with Crippen LogP contribution in [0.1, 0.15) is 17.2 Å². The average Bonchev–Trinajstić information content (AvgIpc) is 2.08. The molecule has 2 nitrogen and oxygen atoms in total. The summed E-state index contributed by atoms with van der Waals surface area (Å²) in [6.45, 7) is 5.98. The Morgan fingerprint density at radius 2 is 1.75 bits per heavy atom. The van der Waals surface area contributed by atoms with Crippen LogP contribution in [0.5, 0.6) is 0 Å². The molecule has 1 aromatic rings. The van der Waals surface area contributed by atoms with Gasteiger partial charge in [0.2, 0.25) is 0 Å². The van der Waals surface area contributed by atoms with Gasteiger partial charge in [-0.05, 0) is 20.8 Å². The van der Waals surface area contributed by atoms with Crippen molar-refractivity contribution in [2.45, 2.75) is 20.8 Å². The summed E-state index contributed by atoms with van der Waals surface area (Å²) in [4.78, 5) is 7.25. The normalized spacial score (nSPS) is 8.75. The van der Waals surface area contributed by atoms with Gasteiger partial charge in [-0.2, -0.15) is 0 Å². The molecule has 0 aliphatic heterocycles. The van der Waals surface area contributed by atoms with Crippen LogP contribution in [0, 0.1) is 20.8 Å². The van der Waals surface area contributed by atoms with Crippen LogP contribution in [-0.4, -0.2) is 15.2 Å². The van der Waals surface area contributed by atoms with Crippen LogP contribution in [0.4, 0.5) is 0 Å². The van der Waals surface area contributed by atoms with Gasteiger partial charge in [-0.15, -0.1) is 0 Å². The Bertz CT molecular complexity index is 247. The summed E-state index contributed by atoms with van der Waals surface area (Å²) in [6, 6.07) is 0. The predicted molar refractivity (Wildman–Crippen MR) is 68.0 cm³/mol. The van der Waals surface area contributed by atoms with Crippen molar-refractivity contribution < 1.29 is 7.89 Å². The molecule has 12 heavy (non-hydrogen) atoms. The third-order valence-electron chi connectivity index (χ3n) is 1.25. The van der Waals surface area contributed by atoms with E-state index in [4.69, 9.17) is 0 Å². The molecule has 0 saturated heterocycles. The van der Waals surface area contributed by atoms with E-state index >= 15 is 0 Å². The van der Waals surface area contributed by atoms with Crippen LogP contribution in [0.25, 0.3) is 0 Å². The molecule has 0 fully saturated rings. The number of halogens is 2. The summed E-state index contributed by atoms with van der Waals surface area (Å²) >= 11 is 4.73. The van der Waals surface area contributed by atoms with Crippen LogP contribution in [0.2, 0.25) is 0 Å². The van der Waals surface area contributed by atoms with Gasteiger partial charge in [0.1, 0.15) is 5.82 Å². The number of H-pyrrole nitrogens is 1. The summed E-state index contributed by atoms with van der Waals surface area (Å²) < 4.78 is 0. The number of nitrogens with one attached hydrogen (secondary N) is 1. The molecular formula is C7H12I2N2V. The number of aryl methyl sites for hydroxylation is 3. The Balaban J connectivity index is 0.000000261. The fourth-order valence-corrected chi connectivity index (χ4v) is 0.725. The fraction of sp³-hybridized carbons (Fsp3) is 0.429. The first-order valence-corrected chi connectivity index (χ1v) is 13.4. The van der Waals surface area contributed by atoms with Gasteiger partial charge < -0.3 is 4.98 Å². The molecule has 0 radical (unpaired) electrons. The number of aromatic amines is 1. The molecule has 0 spiro atoms. The molecule has 0 atom stereocenters. The van der Waals surface area contributed by atoms with E-state index < -0.39 is 7.89 Å². The van der Waals surface area contributed by atoms with Crippen LogP contribution in [-0.2, 0) is 7.89 Å². The Morgan fingerprint density at radius 1 is 1.33 bits per heavy atom. The Morgan fingerprint density at radius 3 is 1.83 bits per heavy atom. The van der Waals surface area contributed by atoms with E-state index in [0.29, 0.717) is 0 Å². The molecule has 0 aromatic carbocycles. The molecule has 1 rings (SSSR count). The van der Waals surface area contributed by atoms with Gasteiger partial charge in [0, 0.05) is 5.69 Å². The van der Waals surface area contributed by atoms with Gasteiger partial charge in [0.25, 0.3) is 0 Å². The molecule has 0 saturated carbocycles. The Labute approximate surface area is 99.8 Å². The van der Waals surface area contributed by atoms with Crippen LogP contribution >= 0.6 is 40.0 Å². The van der Waals surface area contributed by atoms with Gasteiger partial charge in [0.15, 0.2) is 0 Å². The minimum absolute atomic E-state index is 0.498. The summed E-state index contributed by atoms with van der Waals surface area (Å²) in [7, 11) is -0.498. The number of nitrogens with zero attached hydrogens (tertiary/aromatic N) is 1. The van der Waals surface area contributed by atoms with E-state index in [1.54, 1.807) is 0 Å². The first-order chi connectivity index (χ1) is 5.43. The third-order valence-corrected chi connectivity index (χ3v) is 1.25. The van der Waals surface area contributed by atoms with Crippen molar-refractivity contribution in [3.05, 3.63) is 17.2 Å². The molecule has 0 aliphatic rings. The topological polar surface area (TPSA) is 28.7 Å². The fourth-order valence-electron chi connectivity index (χ4n) is 0.725. The molecular weight excluding hydrogens is 417 g/mol. The average molecular weight is 429 g/mol. The van der Waals surface area contributed by atoms with Gasteiger partial charge in [-0.25, -0.2) is 4.98 Å². The molecule has 69 valence electrons. The number of rotatable bonds is 0. The molecule has 1 N–H and O–H groups in total. The van der Waals surface area contributed by atoms with E-state index in [1.165, 1.54) is 5.69 Å². The number of hydrogen-bond donors (Lipinski definition) is 1. The van der Waals surface area contributed by atoms with Crippen molar-refractivity contribution in [1.82, 2.24) is 9.97 Å². The van der Waals surface area contributed by atoms with E-state index in [1.807, 2.05) is 20.8 Å². The zero-order valence-corrected chi connectivity index (χ0v) is 13.1. The summed E-state index contributed by atoms with van der Waals surface area (Å²) in [6.07, 6.45) is 0. The van der Waals surface area contributed by atoms with Crippen LogP contribution in [0.3, 0.4) is 0 Å². The third kappa shape index (κ3) is 6.62. The molecule has 0 aliphatic carbocycles. The van der Waals surface area contributed by atoms with Gasteiger partial charge in [0.05, 0.1) is 5.69 Å². The van der Waals surface area contributed by atoms with Crippen LogP contribution < -0.4 is 0 Å². The van der Waals surface area contributed by atoms with Crippen molar-refractivity contribution in [3.8, 4) is 0 Å². The zero-order chi connectivity index (χ0) is 9.72. The van der Waals surface area contributed by atoms with Crippen molar-refractivity contribution in [3.63, 3.8) is 0 Å². The van der Waals surface area contributed by atoms with Gasteiger partial charge in [-0.3, -0.25) is 0 Å². The first-order valence-electron chi connectivity index (χ1n) is 3.35. The maximum atomic E-state index is 4.16. The van der Waals surface area contributed by atoms with Gasteiger partial charge >= 0.3 is 53.1 Å². The van der Waals surface area contributed by atoms with E-state index in [-0.39, 0.29) is 0 Å². The monoisotopic (exact) mass is 429 g/mol. The second kappa shape index (κ2) is 6.56. The Hall–Kier alpha value is 1.12. The van der Waals surface area contributed by atoms with E-state index in [0.717, 1.165) is 11.5 Å². The molecule has 1 aromatic heterocycles. The number of imidazole rings is 1. The molecule has 0 amide bonds. The number of hydrogen-bond acceptors (Lipinski definition) is 1. The zero-order valence-electron chi connectivity index (χ0n) is 7.36. The van der Waals surface area contributed by atoms with E-state index in [9.17, 15) is 0 Å². The Kier molecular flexibility index (Phi) is 7.17. The standard InChI is InChI=1S/C6H10N2.CH2.2HI.V/c1-4-5(2)8-6(3)7-4;;;;/h1-3H3,(H,7,8);1H2;2*1H;/q;;;;+2/p-2. The van der Waals surface area contributed by atoms with E-state index in [2.05, 4.69) is 55.2 Å². The maximum absolute atomic E-state index is 4.16. The summed E-state index contributed by atoms with van der Waals surface area (Å²) in [5.74, 6) is 1.00. The molecule has 1 heterocycles. The predicted octanol–water partition coefficient (Wildman–Crippen LogP) is 3.07. The van der Waals surface area contributed by atoms with Crippen LogP contribution in [0.15, 0.2) is 0 Å². The van der Waals surface area contributed by atoms with Gasteiger partial charge in [-0.1, -0.05) is 0 Å². The van der Waals surface area contributed by atoms with Crippen molar-refractivity contribution >= 4 is 45.2 Å². The first kappa shape index (κ1) is 13.1. The SMILES string of the molecule is Cc1nc(C)c(C)[nH]1.[CH2]=[V]([I])[I].